The molecular formula is C53H35NO. The Labute approximate surface area is 320 Å². The van der Waals surface area contributed by atoms with Crippen molar-refractivity contribution in [1.82, 2.24) is 0 Å². The van der Waals surface area contributed by atoms with Gasteiger partial charge in [-0.05, 0) is 104 Å². The minimum absolute atomic E-state index is 0.460. The normalized spacial score (nSPS) is 12.9. The zero-order chi connectivity index (χ0) is 36.3. The van der Waals surface area contributed by atoms with Gasteiger partial charge in [-0.3, -0.25) is 0 Å². The maximum Gasteiger partial charge on any atom is 0.137 e. The number of anilines is 3. The highest BCUT2D eigenvalue weighted by Crippen LogP contribution is 2.56. The Hall–Kier alpha value is -7.16. The molecule has 0 radical (unpaired) electrons. The van der Waals surface area contributed by atoms with Crippen molar-refractivity contribution in [3.63, 3.8) is 0 Å². The SMILES string of the molecule is c1ccc(-c2ccc3cc(N(c4ccc(C5(c6ccccc6)c6ccccc6-c6ccccc65)cc4)c4cccc5oc6ccccc6c45)ccc3c2)cc1. The van der Waals surface area contributed by atoms with Crippen molar-refractivity contribution >= 4 is 49.8 Å². The van der Waals surface area contributed by atoms with Gasteiger partial charge in [0.2, 0.25) is 0 Å². The Morgan fingerprint density at radius 1 is 0.382 bits per heavy atom. The minimum atomic E-state index is -0.460. The van der Waals surface area contributed by atoms with E-state index >= 15 is 0 Å². The van der Waals surface area contributed by atoms with Gasteiger partial charge < -0.3 is 9.32 Å². The van der Waals surface area contributed by atoms with Crippen LogP contribution in [-0.4, -0.2) is 0 Å². The molecule has 1 aromatic heterocycles. The van der Waals surface area contributed by atoms with Crippen molar-refractivity contribution in [3.8, 4) is 22.3 Å². The lowest BCUT2D eigenvalue weighted by atomic mass is 9.68. The van der Waals surface area contributed by atoms with E-state index in [9.17, 15) is 0 Å². The van der Waals surface area contributed by atoms with Crippen LogP contribution in [0.15, 0.2) is 217 Å². The van der Waals surface area contributed by atoms with Crippen LogP contribution in [0.5, 0.6) is 0 Å². The van der Waals surface area contributed by atoms with Crippen LogP contribution in [0, 0.1) is 0 Å². The lowest BCUT2D eigenvalue weighted by Gasteiger charge is -2.34. The van der Waals surface area contributed by atoms with Crippen molar-refractivity contribution < 1.29 is 4.42 Å². The highest BCUT2D eigenvalue weighted by atomic mass is 16.3. The van der Waals surface area contributed by atoms with Gasteiger partial charge >= 0.3 is 0 Å². The van der Waals surface area contributed by atoms with Gasteiger partial charge in [0.1, 0.15) is 11.2 Å². The van der Waals surface area contributed by atoms with Gasteiger partial charge in [0.05, 0.1) is 16.5 Å². The molecule has 1 aliphatic carbocycles. The van der Waals surface area contributed by atoms with Gasteiger partial charge in [0, 0.05) is 16.8 Å². The third kappa shape index (κ3) is 4.82. The van der Waals surface area contributed by atoms with Crippen LogP contribution in [0.1, 0.15) is 22.3 Å². The molecule has 0 atom stereocenters. The molecule has 2 nitrogen and oxygen atoms in total. The summed E-state index contributed by atoms with van der Waals surface area (Å²) in [6.45, 7) is 0. The van der Waals surface area contributed by atoms with E-state index < -0.39 is 5.41 Å². The lowest BCUT2D eigenvalue weighted by Crippen LogP contribution is -2.28. The molecule has 9 aromatic carbocycles. The highest BCUT2D eigenvalue weighted by Gasteiger charge is 2.45. The average Bonchev–Trinajstić information content (AvgIpc) is 3.79. The standard InChI is InChI=1S/C53H35NO/c1-3-14-36(15-4-1)37-26-27-39-35-43(31-28-38(39)34-37)54(49-23-13-25-51-52(49)46-20-9-12-24-50(46)55-51)42-32-29-41(30-33-42)53(40-16-5-2-6-17-40)47-21-10-7-18-44(47)45-19-8-11-22-48(45)53/h1-35H. The first-order chi connectivity index (χ1) is 27.3. The molecule has 0 saturated carbocycles. The Morgan fingerprint density at radius 3 is 1.73 bits per heavy atom. The Morgan fingerprint density at radius 2 is 0.964 bits per heavy atom. The number of furan rings is 1. The molecule has 0 aliphatic heterocycles. The van der Waals surface area contributed by atoms with E-state index in [0.29, 0.717) is 0 Å². The zero-order valence-electron chi connectivity index (χ0n) is 30.1. The quantitative estimate of drug-likeness (QED) is 0.172. The number of hydrogen-bond acceptors (Lipinski definition) is 2. The Balaban J connectivity index is 1.12. The smallest absolute Gasteiger partial charge is 0.137 e. The topological polar surface area (TPSA) is 16.4 Å². The molecule has 0 unspecified atom stereocenters. The number of hydrogen-bond donors (Lipinski definition) is 0. The second-order valence-corrected chi connectivity index (χ2v) is 14.5. The predicted molar refractivity (Wildman–Crippen MR) is 229 cm³/mol. The number of nitrogens with zero attached hydrogens (tertiary/aromatic N) is 1. The average molecular weight is 702 g/mol. The summed E-state index contributed by atoms with van der Waals surface area (Å²) in [5.74, 6) is 0. The first kappa shape index (κ1) is 31.4. The molecule has 0 bridgehead atoms. The molecule has 1 aliphatic rings. The van der Waals surface area contributed by atoms with E-state index in [2.05, 4.69) is 211 Å². The fourth-order valence-corrected chi connectivity index (χ4v) is 9.12. The van der Waals surface area contributed by atoms with E-state index in [1.54, 1.807) is 0 Å². The summed E-state index contributed by atoms with van der Waals surface area (Å²) in [7, 11) is 0. The summed E-state index contributed by atoms with van der Waals surface area (Å²) in [6.07, 6.45) is 0. The molecule has 0 fully saturated rings. The minimum Gasteiger partial charge on any atom is -0.456 e. The molecule has 11 rings (SSSR count). The summed E-state index contributed by atoms with van der Waals surface area (Å²) < 4.78 is 6.43. The van der Waals surface area contributed by atoms with Crippen LogP contribution in [0.25, 0.3) is 55.0 Å². The van der Waals surface area contributed by atoms with Gasteiger partial charge in [0.25, 0.3) is 0 Å². The second-order valence-electron chi connectivity index (χ2n) is 14.5. The Kier molecular flexibility index (Phi) is 7.11. The molecule has 0 amide bonds. The molecule has 55 heavy (non-hydrogen) atoms. The highest BCUT2D eigenvalue weighted by molar-refractivity contribution is 6.13. The number of fused-ring (bicyclic) bond motifs is 7. The van der Waals surface area contributed by atoms with E-state index in [-0.39, 0.29) is 0 Å². The van der Waals surface area contributed by atoms with Gasteiger partial charge in [-0.15, -0.1) is 0 Å². The van der Waals surface area contributed by atoms with E-state index in [0.717, 1.165) is 39.0 Å². The van der Waals surface area contributed by atoms with Crippen LogP contribution in [-0.2, 0) is 5.41 Å². The second kappa shape index (κ2) is 12.5. The lowest BCUT2D eigenvalue weighted by molar-refractivity contribution is 0.669. The van der Waals surface area contributed by atoms with Crippen LogP contribution in [0.3, 0.4) is 0 Å². The molecule has 0 saturated heterocycles. The van der Waals surface area contributed by atoms with Gasteiger partial charge in [-0.1, -0.05) is 164 Å². The summed E-state index contributed by atoms with van der Waals surface area (Å²) in [6, 6.07) is 77.0. The molecule has 2 heteroatoms. The third-order valence-electron chi connectivity index (χ3n) is 11.5. The van der Waals surface area contributed by atoms with Crippen molar-refractivity contribution in [2.24, 2.45) is 0 Å². The maximum atomic E-state index is 6.43. The molecule has 0 spiro atoms. The third-order valence-corrected chi connectivity index (χ3v) is 11.5. The van der Waals surface area contributed by atoms with Crippen molar-refractivity contribution in [1.29, 1.82) is 0 Å². The fourth-order valence-electron chi connectivity index (χ4n) is 9.12. The molecular weight excluding hydrogens is 667 g/mol. The van der Waals surface area contributed by atoms with E-state index in [1.165, 1.54) is 55.3 Å². The summed E-state index contributed by atoms with van der Waals surface area (Å²) in [4.78, 5) is 2.39. The number of rotatable bonds is 6. The van der Waals surface area contributed by atoms with Gasteiger partial charge in [0.15, 0.2) is 0 Å². The molecule has 258 valence electrons. The van der Waals surface area contributed by atoms with Gasteiger partial charge in [-0.25, -0.2) is 0 Å². The molecule has 0 N–H and O–H groups in total. The molecule has 1 heterocycles. The van der Waals surface area contributed by atoms with Crippen molar-refractivity contribution in [2.45, 2.75) is 5.41 Å². The van der Waals surface area contributed by atoms with Crippen LogP contribution in [0.4, 0.5) is 17.1 Å². The summed E-state index contributed by atoms with van der Waals surface area (Å²) >= 11 is 0. The van der Waals surface area contributed by atoms with Crippen molar-refractivity contribution in [3.05, 3.63) is 235 Å². The monoisotopic (exact) mass is 701 g/mol. The van der Waals surface area contributed by atoms with Crippen LogP contribution < -0.4 is 4.90 Å². The van der Waals surface area contributed by atoms with Crippen LogP contribution >= 0.6 is 0 Å². The first-order valence-electron chi connectivity index (χ1n) is 18.9. The van der Waals surface area contributed by atoms with Crippen LogP contribution in [0.2, 0.25) is 0 Å². The number of para-hydroxylation sites is 1. The predicted octanol–water partition coefficient (Wildman–Crippen LogP) is 14.2. The first-order valence-corrected chi connectivity index (χ1v) is 18.9. The summed E-state index contributed by atoms with van der Waals surface area (Å²) in [5.41, 5.74) is 14.7. The van der Waals surface area contributed by atoms with E-state index in [4.69, 9.17) is 4.42 Å². The van der Waals surface area contributed by atoms with Crippen molar-refractivity contribution in [2.75, 3.05) is 4.90 Å². The zero-order valence-corrected chi connectivity index (χ0v) is 30.1. The van der Waals surface area contributed by atoms with Gasteiger partial charge in [-0.2, -0.15) is 0 Å². The fraction of sp³-hybridized carbons (Fsp3) is 0.0189. The Bertz CT molecular complexity index is 2990. The summed E-state index contributed by atoms with van der Waals surface area (Å²) in [5, 5.41) is 4.59. The maximum absolute atomic E-state index is 6.43. The largest absolute Gasteiger partial charge is 0.456 e. The van der Waals surface area contributed by atoms with E-state index in [1.807, 2.05) is 6.07 Å². The molecule has 10 aromatic rings. The number of benzene rings is 9.